The highest BCUT2D eigenvalue weighted by atomic mass is 32.1. The van der Waals surface area contributed by atoms with Crippen molar-refractivity contribution in [2.45, 2.75) is 44.9 Å². The van der Waals surface area contributed by atoms with Gasteiger partial charge in [0.15, 0.2) is 5.82 Å². The van der Waals surface area contributed by atoms with Gasteiger partial charge in [0.05, 0.1) is 15.7 Å². The van der Waals surface area contributed by atoms with E-state index in [4.69, 9.17) is 5.73 Å². The molecule has 1 fully saturated rings. The average Bonchev–Trinajstić information content (AvgIpc) is 3.17. The van der Waals surface area contributed by atoms with Crippen molar-refractivity contribution < 1.29 is 0 Å². The van der Waals surface area contributed by atoms with Gasteiger partial charge in [-0.2, -0.15) is 0 Å². The Balaban J connectivity index is 1.75. The molecule has 0 atom stereocenters. The summed E-state index contributed by atoms with van der Waals surface area (Å²) in [4.78, 5) is 16.7. The normalized spacial score (nSPS) is 17.2. The predicted molar refractivity (Wildman–Crippen MR) is 102 cm³/mol. The lowest BCUT2D eigenvalue weighted by Gasteiger charge is -2.28. The highest BCUT2D eigenvalue weighted by Gasteiger charge is 2.22. The Morgan fingerprint density at radius 1 is 1.33 bits per heavy atom. The molecular formula is C18H25N5S. The zero-order chi connectivity index (χ0) is 16.7. The number of anilines is 1. The summed E-state index contributed by atoms with van der Waals surface area (Å²) in [5, 5.41) is 0. The van der Waals surface area contributed by atoms with Gasteiger partial charge in [-0.15, -0.1) is 11.3 Å². The number of nitrogens with two attached hydrogens (primary N) is 1. The molecule has 1 aliphatic rings. The molecule has 1 saturated heterocycles. The first-order valence-electron chi connectivity index (χ1n) is 8.91. The molecule has 0 radical (unpaired) electrons. The summed E-state index contributed by atoms with van der Waals surface area (Å²) in [5.41, 5.74) is 9.11. The highest BCUT2D eigenvalue weighted by Crippen LogP contribution is 2.39. The van der Waals surface area contributed by atoms with Gasteiger partial charge in [0.1, 0.15) is 11.3 Å². The number of hydrogen-bond donors (Lipinski definition) is 2. The van der Waals surface area contributed by atoms with Gasteiger partial charge in [0.2, 0.25) is 0 Å². The quantitative estimate of drug-likeness (QED) is 0.753. The minimum Gasteiger partial charge on any atom is -0.382 e. The number of nitrogens with zero attached hydrogens (tertiary/aromatic N) is 3. The molecule has 5 nitrogen and oxygen atoms in total. The Kier molecular flexibility index (Phi) is 4.18. The number of aromatic amines is 1. The molecule has 3 aromatic heterocycles. The van der Waals surface area contributed by atoms with Crippen LogP contribution < -0.4 is 5.73 Å². The van der Waals surface area contributed by atoms with E-state index in [1.165, 1.54) is 41.9 Å². The summed E-state index contributed by atoms with van der Waals surface area (Å²) in [6.07, 6.45) is 5.74. The van der Waals surface area contributed by atoms with Crippen LogP contribution in [0, 0.1) is 0 Å². The molecule has 4 rings (SSSR count). The third kappa shape index (κ3) is 2.78. The van der Waals surface area contributed by atoms with Crippen molar-refractivity contribution in [2.24, 2.45) is 0 Å². The van der Waals surface area contributed by atoms with Crippen LogP contribution >= 0.6 is 11.3 Å². The molecule has 3 aromatic rings. The minimum atomic E-state index is 0.546. The zero-order valence-electron chi connectivity index (χ0n) is 14.4. The molecule has 128 valence electrons. The van der Waals surface area contributed by atoms with E-state index in [2.05, 4.69) is 39.9 Å². The number of rotatable bonds is 4. The van der Waals surface area contributed by atoms with Crippen molar-refractivity contribution in [3.8, 4) is 0 Å². The molecule has 0 aromatic carbocycles. The highest BCUT2D eigenvalue weighted by molar-refractivity contribution is 7.20. The molecule has 4 heterocycles. The number of unbranched alkanes of at least 4 members (excludes halogenated alkanes) is 1. The number of hydrogen-bond acceptors (Lipinski definition) is 5. The third-order valence-corrected chi connectivity index (χ3v) is 6.39. The number of aromatic nitrogens is 3. The second-order valence-corrected chi connectivity index (χ2v) is 8.03. The summed E-state index contributed by atoms with van der Waals surface area (Å²) >= 11 is 1.87. The first-order valence-corrected chi connectivity index (χ1v) is 9.73. The summed E-state index contributed by atoms with van der Waals surface area (Å²) in [5.74, 6) is 2.23. The second-order valence-electron chi connectivity index (χ2n) is 6.95. The van der Waals surface area contributed by atoms with Crippen molar-refractivity contribution in [3.05, 3.63) is 16.8 Å². The number of H-pyrrole nitrogens is 1. The van der Waals surface area contributed by atoms with Crippen LogP contribution in [-0.2, 0) is 6.42 Å². The number of imidazole rings is 1. The molecule has 0 saturated carbocycles. The van der Waals surface area contributed by atoms with Gasteiger partial charge in [-0.3, -0.25) is 0 Å². The van der Waals surface area contributed by atoms with Gasteiger partial charge < -0.3 is 15.6 Å². The Bertz CT molecular complexity index is 857. The third-order valence-electron chi connectivity index (χ3n) is 5.08. The van der Waals surface area contributed by atoms with E-state index in [-0.39, 0.29) is 0 Å². The molecular weight excluding hydrogens is 318 g/mol. The van der Waals surface area contributed by atoms with Crippen LogP contribution in [0.15, 0.2) is 6.07 Å². The number of likely N-dealkylation sites (tertiary alicyclic amines) is 1. The molecule has 24 heavy (non-hydrogen) atoms. The van der Waals surface area contributed by atoms with E-state index in [0.717, 1.165) is 35.2 Å². The number of piperidine rings is 1. The molecule has 0 bridgehead atoms. The number of fused-ring (bicyclic) bond motifs is 3. The van der Waals surface area contributed by atoms with Crippen LogP contribution in [0.5, 0.6) is 0 Å². The average molecular weight is 344 g/mol. The van der Waals surface area contributed by atoms with E-state index in [9.17, 15) is 0 Å². The van der Waals surface area contributed by atoms with Gasteiger partial charge in [0.25, 0.3) is 0 Å². The van der Waals surface area contributed by atoms with Crippen molar-refractivity contribution in [3.63, 3.8) is 0 Å². The number of aryl methyl sites for hydroxylation is 1. The Morgan fingerprint density at radius 2 is 2.12 bits per heavy atom. The lowest BCUT2D eigenvalue weighted by molar-refractivity contribution is 0.257. The van der Waals surface area contributed by atoms with Crippen molar-refractivity contribution >= 4 is 38.4 Å². The summed E-state index contributed by atoms with van der Waals surface area (Å²) in [6, 6.07) is 2.25. The van der Waals surface area contributed by atoms with E-state index in [0.29, 0.717) is 11.7 Å². The van der Waals surface area contributed by atoms with Gasteiger partial charge in [-0.25, -0.2) is 9.97 Å². The second kappa shape index (κ2) is 6.33. The lowest BCUT2D eigenvalue weighted by atomic mass is 9.95. The molecule has 0 amide bonds. The fourth-order valence-corrected chi connectivity index (χ4v) is 4.84. The zero-order valence-corrected chi connectivity index (χ0v) is 15.2. The molecule has 0 aliphatic carbocycles. The monoisotopic (exact) mass is 343 g/mol. The lowest BCUT2D eigenvalue weighted by Crippen LogP contribution is -2.28. The first-order chi connectivity index (χ1) is 11.7. The number of nitrogen functional groups attached to an aromatic ring is 1. The molecule has 6 heteroatoms. The van der Waals surface area contributed by atoms with E-state index < -0.39 is 0 Å². The molecule has 0 unspecified atom stereocenters. The maximum atomic E-state index is 6.17. The maximum Gasteiger partial charge on any atom is 0.152 e. The van der Waals surface area contributed by atoms with Crippen molar-refractivity contribution in [2.75, 3.05) is 25.9 Å². The van der Waals surface area contributed by atoms with E-state index in [1.807, 2.05) is 11.3 Å². The van der Waals surface area contributed by atoms with Crippen LogP contribution in [0.25, 0.3) is 21.3 Å². The van der Waals surface area contributed by atoms with E-state index in [1.54, 1.807) is 0 Å². The number of thiophene rings is 1. The van der Waals surface area contributed by atoms with Crippen LogP contribution in [0.2, 0.25) is 0 Å². The van der Waals surface area contributed by atoms with Gasteiger partial charge in [-0.1, -0.05) is 13.3 Å². The van der Waals surface area contributed by atoms with Crippen LogP contribution in [0.4, 0.5) is 5.82 Å². The van der Waals surface area contributed by atoms with Gasteiger partial charge >= 0.3 is 0 Å². The van der Waals surface area contributed by atoms with Crippen molar-refractivity contribution in [1.29, 1.82) is 0 Å². The van der Waals surface area contributed by atoms with Gasteiger partial charge in [-0.05, 0) is 51.4 Å². The SMILES string of the molecule is CCCCc1nc2c(N)nc3cc(C4CCN(C)CC4)sc3c2[nH]1. The van der Waals surface area contributed by atoms with Gasteiger partial charge in [0, 0.05) is 11.3 Å². The Morgan fingerprint density at radius 3 is 2.88 bits per heavy atom. The van der Waals surface area contributed by atoms with E-state index >= 15 is 0 Å². The fourth-order valence-electron chi connectivity index (χ4n) is 3.57. The largest absolute Gasteiger partial charge is 0.382 e. The number of pyridine rings is 1. The summed E-state index contributed by atoms with van der Waals surface area (Å²) in [6.45, 7) is 4.55. The maximum absolute atomic E-state index is 6.17. The fraction of sp³-hybridized carbons (Fsp3) is 0.556. The van der Waals surface area contributed by atoms with Crippen LogP contribution in [0.3, 0.4) is 0 Å². The molecule has 1 aliphatic heterocycles. The van der Waals surface area contributed by atoms with Crippen LogP contribution in [-0.4, -0.2) is 40.0 Å². The number of nitrogens with one attached hydrogen (secondary N) is 1. The molecule has 3 N–H and O–H groups in total. The summed E-state index contributed by atoms with van der Waals surface area (Å²) < 4.78 is 1.21. The van der Waals surface area contributed by atoms with Crippen LogP contribution in [0.1, 0.15) is 49.2 Å². The first kappa shape index (κ1) is 15.8. The standard InChI is InChI=1S/C18H25N5S/c1-3-4-5-14-21-15-16(22-14)18(19)20-12-10-13(24-17(12)15)11-6-8-23(2)9-7-11/h10-11H,3-9H2,1-2H3,(H2,19,20)(H,21,22). The summed E-state index contributed by atoms with van der Waals surface area (Å²) in [7, 11) is 2.20. The topological polar surface area (TPSA) is 70.8 Å². The smallest absolute Gasteiger partial charge is 0.152 e. The Hall–Kier alpha value is -1.66. The molecule has 0 spiro atoms. The minimum absolute atomic E-state index is 0.546. The van der Waals surface area contributed by atoms with Crippen molar-refractivity contribution in [1.82, 2.24) is 19.9 Å². The Labute approximate surface area is 146 Å². The predicted octanol–water partition coefficient (Wildman–Crippen LogP) is 3.91.